The molecule has 1 aromatic heterocycles. The fraction of sp³-hybridized carbons (Fsp3) is 0.267. The first-order valence-corrected chi connectivity index (χ1v) is 7.10. The number of carboxylic acids is 1. The molecule has 0 aliphatic rings. The van der Waals surface area contributed by atoms with Crippen molar-refractivity contribution in [3.63, 3.8) is 0 Å². The van der Waals surface area contributed by atoms with Crippen molar-refractivity contribution in [3.8, 4) is 0 Å². The van der Waals surface area contributed by atoms with E-state index in [9.17, 15) is 14.8 Å². The van der Waals surface area contributed by atoms with Crippen LogP contribution in [0.1, 0.15) is 29.8 Å². The van der Waals surface area contributed by atoms with Gasteiger partial charge in [-0.15, -0.1) is 0 Å². The summed E-state index contributed by atoms with van der Waals surface area (Å²) in [6.07, 6.45) is -0.554. The van der Waals surface area contributed by atoms with E-state index in [1.807, 2.05) is 18.5 Å². The first-order valence-electron chi connectivity index (χ1n) is 7.10. The summed E-state index contributed by atoms with van der Waals surface area (Å²) in [7, 11) is 0. The molecule has 2 rings (SSSR count). The molecular weight excluding hydrogens is 316 g/mol. The Morgan fingerprint density at radius 3 is 2.75 bits per heavy atom. The number of benzene rings is 1. The highest BCUT2D eigenvalue weighted by molar-refractivity contribution is 5.99. The molecule has 9 heteroatoms. The van der Waals surface area contributed by atoms with E-state index >= 15 is 0 Å². The molecule has 0 saturated carbocycles. The Balaban J connectivity index is 2.20. The van der Waals surface area contributed by atoms with Crippen molar-refractivity contribution in [2.24, 2.45) is 4.99 Å². The second-order valence-electron chi connectivity index (χ2n) is 5.08. The Hall–Kier alpha value is -3.07. The minimum atomic E-state index is -1.06. The van der Waals surface area contributed by atoms with E-state index in [4.69, 9.17) is 5.11 Å². The summed E-state index contributed by atoms with van der Waals surface area (Å²) in [5.41, 5.74) is 3.72. The largest absolute Gasteiger partial charge is 0.481 e. The molecule has 0 aliphatic heterocycles. The Morgan fingerprint density at radius 1 is 1.29 bits per heavy atom. The topological polar surface area (TPSA) is 138 Å². The highest BCUT2D eigenvalue weighted by Gasteiger charge is 2.19. The van der Waals surface area contributed by atoms with Gasteiger partial charge in [0.25, 0.3) is 0 Å². The van der Waals surface area contributed by atoms with E-state index in [1.165, 1.54) is 0 Å². The third-order valence-electron chi connectivity index (χ3n) is 3.11. The maximum atomic E-state index is 11.8. The normalized spacial score (nSPS) is 11.3. The zero-order valence-corrected chi connectivity index (χ0v) is 12.9. The lowest BCUT2D eigenvalue weighted by Gasteiger charge is -2.03. The highest BCUT2D eigenvalue weighted by Crippen LogP contribution is 2.16. The Morgan fingerprint density at radius 2 is 2.08 bits per heavy atom. The molecule has 9 nitrogen and oxygen atoms in total. The number of carbonyl (C=O) groups excluding carboxylic acids is 1. The van der Waals surface area contributed by atoms with Gasteiger partial charge in [0.2, 0.25) is 0 Å². The number of nitrogens with zero attached hydrogens (tertiary/aromatic N) is 3. The summed E-state index contributed by atoms with van der Waals surface area (Å²) in [6.45, 7) is 1.90. The van der Waals surface area contributed by atoms with E-state index in [2.05, 4.69) is 19.9 Å². The van der Waals surface area contributed by atoms with Crippen LogP contribution in [-0.4, -0.2) is 38.2 Å². The van der Waals surface area contributed by atoms with Crippen molar-refractivity contribution in [1.82, 2.24) is 15.8 Å². The van der Waals surface area contributed by atoms with Gasteiger partial charge in [0.15, 0.2) is 11.5 Å². The van der Waals surface area contributed by atoms with Crippen LogP contribution in [0.5, 0.6) is 0 Å². The van der Waals surface area contributed by atoms with Gasteiger partial charge in [-0.3, -0.25) is 20.3 Å². The van der Waals surface area contributed by atoms with Crippen molar-refractivity contribution in [2.75, 3.05) is 0 Å². The number of hydrogen-bond acceptors (Lipinski definition) is 7. The maximum absolute atomic E-state index is 11.8. The number of aryl methyl sites for hydroxylation is 1. The second kappa shape index (κ2) is 7.97. The lowest BCUT2D eigenvalue weighted by atomic mass is 10.1. The predicted molar refractivity (Wildman–Crippen MR) is 82.2 cm³/mol. The molecule has 0 unspecified atom stereocenters. The number of hydroxylamine groups is 1. The first kappa shape index (κ1) is 17.3. The van der Waals surface area contributed by atoms with Gasteiger partial charge in [0.05, 0.1) is 18.5 Å². The monoisotopic (exact) mass is 332 g/mol. The number of hydrogen-bond donors (Lipinski definition) is 3. The van der Waals surface area contributed by atoms with E-state index < -0.39 is 5.97 Å². The smallest absolute Gasteiger partial charge is 0.303 e. The molecule has 3 N–H and O–H groups in total. The molecule has 0 atom stereocenters. The lowest BCUT2D eigenvalue weighted by Crippen LogP contribution is -2.22. The maximum Gasteiger partial charge on any atom is 0.303 e. The molecule has 126 valence electrons. The van der Waals surface area contributed by atoms with Gasteiger partial charge in [-0.1, -0.05) is 17.3 Å². The van der Waals surface area contributed by atoms with E-state index in [-0.39, 0.29) is 42.3 Å². The van der Waals surface area contributed by atoms with Crippen LogP contribution in [0.2, 0.25) is 0 Å². The van der Waals surface area contributed by atoms with Gasteiger partial charge in [-0.2, -0.15) is 0 Å². The predicted octanol–water partition coefficient (Wildman–Crippen LogP) is 1.41. The average molecular weight is 332 g/mol. The van der Waals surface area contributed by atoms with Crippen LogP contribution in [0.15, 0.2) is 33.9 Å². The second-order valence-corrected chi connectivity index (χ2v) is 5.08. The van der Waals surface area contributed by atoms with Gasteiger partial charge in [0.1, 0.15) is 11.5 Å². The fourth-order valence-corrected chi connectivity index (χ4v) is 1.98. The van der Waals surface area contributed by atoms with Crippen LogP contribution in [0.25, 0.3) is 0 Å². The van der Waals surface area contributed by atoms with Crippen LogP contribution in [-0.2, 0) is 16.0 Å². The van der Waals surface area contributed by atoms with Crippen LogP contribution >= 0.6 is 0 Å². The molecule has 1 heterocycles. The van der Waals surface area contributed by atoms with Gasteiger partial charge >= 0.3 is 5.97 Å². The van der Waals surface area contributed by atoms with Gasteiger partial charge in [-0.05, 0) is 29.8 Å². The molecule has 0 spiro atoms. The molecule has 2 aromatic rings. The summed E-state index contributed by atoms with van der Waals surface area (Å²) in [6, 6.07) is 7.23. The Kier molecular flexibility index (Phi) is 5.74. The molecular formula is C15H16N4O5. The van der Waals surface area contributed by atoms with Crippen molar-refractivity contribution in [3.05, 3.63) is 41.2 Å². The molecule has 1 aromatic carbocycles. The first-order chi connectivity index (χ1) is 11.5. The molecule has 0 fully saturated rings. The number of nitrogens with one attached hydrogen (secondary N) is 1. The number of aromatic nitrogens is 2. The van der Waals surface area contributed by atoms with Crippen LogP contribution in [0, 0.1) is 6.92 Å². The summed E-state index contributed by atoms with van der Waals surface area (Å²) in [4.78, 5) is 26.5. The minimum absolute atomic E-state index is 0.0251. The quantitative estimate of drug-likeness (QED) is 0.393. The summed E-state index contributed by atoms with van der Waals surface area (Å²) >= 11 is 0. The number of rotatable bonds is 7. The summed E-state index contributed by atoms with van der Waals surface area (Å²) in [5, 5.41) is 25.2. The zero-order chi connectivity index (χ0) is 17.5. The van der Waals surface area contributed by atoms with Gasteiger partial charge in [-0.25, -0.2) is 9.62 Å². The average Bonchev–Trinajstić information content (AvgIpc) is 2.98. The van der Waals surface area contributed by atoms with Crippen LogP contribution in [0.4, 0.5) is 5.69 Å². The number of aliphatic carboxylic acids is 1. The number of aliphatic imine (C=N–C) groups is 1. The number of ketones is 1. The highest BCUT2D eigenvalue weighted by atomic mass is 16.6. The van der Waals surface area contributed by atoms with Crippen molar-refractivity contribution in [1.29, 1.82) is 0 Å². The fourth-order valence-electron chi connectivity index (χ4n) is 1.98. The third-order valence-corrected chi connectivity index (χ3v) is 3.11. The van der Waals surface area contributed by atoms with Crippen molar-refractivity contribution in [2.45, 2.75) is 26.2 Å². The molecule has 0 saturated heterocycles. The van der Waals surface area contributed by atoms with E-state index in [0.717, 1.165) is 5.56 Å². The summed E-state index contributed by atoms with van der Waals surface area (Å²) in [5.74, 6) is -1.41. The van der Waals surface area contributed by atoms with Crippen molar-refractivity contribution < 1.29 is 24.5 Å². The minimum Gasteiger partial charge on any atom is -0.481 e. The van der Waals surface area contributed by atoms with Crippen LogP contribution < -0.4 is 5.48 Å². The van der Waals surface area contributed by atoms with Gasteiger partial charge < -0.3 is 5.11 Å². The van der Waals surface area contributed by atoms with E-state index in [0.29, 0.717) is 5.69 Å². The third kappa shape index (κ3) is 4.71. The molecule has 0 aliphatic carbocycles. The number of carboxylic acid groups (broad SMARTS) is 1. The van der Waals surface area contributed by atoms with Crippen molar-refractivity contribution >= 4 is 23.3 Å². The molecule has 0 amide bonds. The summed E-state index contributed by atoms with van der Waals surface area (Å²) < 4.78 is 4.62. The molecule has 0 radical (unpaired) electrons. The Bertz CT molecular complexity index is 769. The SMILES string of the molecule is Cc1cccc(N=C(NO)c2nonc2CC(=O)CCC(=O)O)c1. The molecule has 0 bridgehead atoms. The van der Waals surface area contributed by atoms with E-state index in [1.54, 1.807) is 18.2 Å². The number of amidine groups is 1. The number of Topliss-reactive ketones (excluding diaryl/α,β-unsaturated/α-hetero) is 1. The molecule has 24 heavy (non-hydrogen) atoms. The van der Waals surface area contributed by atoms with Crippen LogP contribution in [0.3, 0.4) is 0 Å². The van der Waals surface area contributed by atoms with Gasteiger partial charge in [0, 0.05) is 6.42 Å². The Labute approximate surface area is 136 Å². The lowest BCUT2D eigenvalue weighted by molar-refractivity contribution is -0.138. The standard InChI is InChI=1S/C15H16N4O5/c1-9-3-2-4-10(7-9)16-15(17-23)14-12(18-24-19-14)8-11(20)5-6-13(21)22/h2-4,7,23H,5-6,8H2,1H3,(H,16,17)(H,21,22). The zero-order valence-electron chi connectivity index (χ0n) is 12.9. The number of carbonyl (C=O) groups is 2.